The molecule has 11 heteroatoms. The summed E-state index contributed by atoms with van der Waals surface area (Å²) in [4.78, 5) is 42.2. The molecule has 1 aromatic carbocycles. The number of thiazole rings is 1. The monoisotopic (exact) mass is 492 g/mol. The third-order valence-corrected chi connectivity index (χ3v) is 7.19. The highest BCUT2D eigenvalue weighted by molar-refractivity contribution is 7.98. The molecule has 0 aliphatic rings. The second-order valence-electron chi connectivity index (χ2n) is 6.38. The van der Waals surface area contributed by atoms with Gasteiger partial charge in [-0.05, 0) is 31.2 Å². The van der Waals surface area contributed by atoms with Gasteiger partial charge in [-0.25, -0.2) is 19.4 Å². The molecule has 2 N–H and O–H groups in total. The molecule has 0 aliphatic heterocycles. The van der Waals surface area contributed by atoms with Crippen LogP contribution in [0.25, 0.3) is 0 Å². The van der Waals surface area contributed by atoms with Gasteiger partial charge in [-0.1, -0.05) is 0 Å². The number of nitrogen functional groups attached to an aromatic ring is 1. The standard InChI is InChI=1S/C21H20N2O6S3/c1-11-23-13(9-30-11)10-31-14-6-4-12(5-7-14)19(24)29-8-15-16(20(25)27-2)18(22)32-17(15)21(26)28-3/h4-7,9H,8,10,22H2,1-3H3. The van der Waals surface area contributed by atoms with Crippen LogP contribution < -0.4 is 5.73 Å². The number of ether oxygens (including phenoxy) is 3. The fourth-order valence-electron chi connectivity index (χ4n) is 2.75. The van der Waals surface area contributed by atoms with E-state index in [4.69, 9.17) is 19.9 Å². The number of benzene rings is 1. The number of aryl methyl sites for hydroxylation is 1. The summed E-state index contributed by atoms with van der Waals surface area (Å²) in [5, 5.41) is 3.13. The SMILES string of the molecule is COC(=O)c1sc(N)c(C(=O)OC)c1COC(=O)c1ccc(SCc2csc(C)n2)cc1. The lowest BCUT2D eigenvalue weighted by Gasteiger charge is -2.08. The molecule has 0 saturated heterocycles. The van der Waals surface area contributed by atoms with Crippen LogP contribution in [0.15, 0.2) is 34.5 Å². The predicted octanol–water partition coefficient (Wildman–Crippen LogP) is 4.32. The summed E-state index contributed by atoms with van der Waals surface area (Å²) in [6, 6.07) is 6.95. The largest absolute Gasteiger partial charge is 0.465 e. The molecule has 2 aromatic heterocycles. The minimum atomic E-state index is -0.725. The van der Waals surface area contributed by atoms with Gasteiger partial charge in [-0.3, -0.25) is 0 Å². The lowest BCUT2D eigenvalue weighted by molar-refractivity contribution is 0.0452. The van der Waals surface area contributed by atoms with E-state index in [9.17, 15) is 14.4 Å². The van der Waals surface area contributed by atoms with E-state index in [1.54, 1.807) is 35.2 Å². The number of nitrogens with two attached hydrogens (primary N) is 1. The van der Waals surface area contributed by atoms with E-state index in [1.165, 1.54) is 14.2 Å². The van der Waals surface area contributed by atoms with E-state index < -0.39 is 17.9 Å². The molecular formula is C21H20N2O6S3. The normalized spacial score (nSPS) is 10.6. The Bertz CT molecular complexity index is 1140. The Morgan fingerprint density at radius 1 is 1.06 bits per heavy atom. The van der Waals surface area contributed by atoms with E-state index in [1.807, 2.05) is 24.4 Å². The third-order valence-electron chi connectivity index (χ3n) is 4.29. The summed E-state index contributed by atoms with van der Waals surface area (Å²) in [6.07, 6.45) is 0. The van der Waals surface area contributed by atoms with Crippen LogP contribution >= 0.6 is 34.4 Å². The Morgan fingerprint density at radius 3 is 2.34 bits per heavy atom. The van der Waals surface area contributed by atoms with Crippen molar-refractivity contribution in [3.8, 4) is 0 Å². The van der Waals surface area contributed by atoms with Gasteiger partial charge < -0.3 is 19.9 Å². The smallest absolute Gasteiger partial charge is 0.348 e. The first-order chi connectivity index (χ1) is 15.3. The summed E-state index contributed by atoms with van der Waals surface area (Å²) >= 11 is 4.10. The van der Waals surface area contributed by atoms with Gasteiger partial charge in [0.15, 0.2) is 0 Å². The fourth-order valence-corrected chi connectivity index (χ4v) is 5.23. The molecule has 168 valence electrons. The number of carbonyl (C=O) groups excluding carboxylic acids is 3. The average molecular weight is 493 g/mol. The minimum Gasteiger partial charge on any atom is -0.465 e. The lowest BCUT2D eigenvalue weighted by Crippen LogP contribution is -2.12. The van der Waals surface area contributed by atoms with Gasteiger partial charge in [0, 0.05) is 21.6 Å². The lowest BCUT2D eigenvalue weighted by atomic mass is 10.1. The van der Waals surface area contributed by atoms with Crippen LogP contribution in [-0.2, 0) is 26.6 Å². The van der Waals surface area contributed by atoms with Crippen molar-refractivity contribution in [3.05, 3.63) is 61.9 Å². The molecule has 3 rings (SSSR count). The number of thiophene rings is 1. The van der Waals surface area contributed by atoms with Crippen molar-refractivity contribution in [2.24, 2.45) is 0 Å². The number of hydrogen-bond acceptors (Lipinski definition) is 11. The molecule has 0 amide bonds. The van der Waals surface area contributed by atoms with Gasteiger partial charge in [-0.2, -0.15) is 0 Å². The van der Waals surface area contributed by atoms with Crippen molar-refractivity contribution in [2.45, 2.75) is 24.2 Å². The predicted molar refractivity (Wildman–Crippen MR) is 123 cm³/mol. The summed E-state index contributed by atoms with van der Waals surface area (Å²) in [5.74, 6) is -1.27. The van der Waals surface area contributed by atoms with Gasteiger partial charge in [0.05, 0.1) is 30.5 Å². The Labute approximate surface area is 196 Å². The number of carbonyl (C=O) groups is 3. The number of thioether (sulfide) groups is 1. The average Bonchev–Trinajstić information content (AvgIpc) is 3.37. The Kier molecular flexibility index (Phi) is 7.89. The van der Waals surface area contributed by atoms with E-state index in [2.05, 4.69) is 4.98 Å². The highest BCUT2D eigenvalue weighted by atomic mass is 32.2. The van der Waals surface area contributed by atoms with Crippen molar-refractivity contribution in [1.82, 2.24) is 4.98 Å². The molecule has 0 atom stereocenters. The molecule has 0 bridgehead atoms. The molecule has 0 unspecified atom stereocenters. The molecule has 0 spiro atoms. The second-order valence-corrected chi connectivity index (χ2v) is 9.54. The second kappa shape index (κ2) is 10.6. The first-order valence-corrected chi connectivity index (χ1v) is 11.9. The third kappa shape index (κ3) is 5.47. The summed E-state index contributed by atoms with van der Waals surface area (Å²) in [7, 11) is 2.41. The van der Waals surface area contributed by atoms with Crippen LogP contribution in [0.2, 0.25) is 0 Å². The van der Waals surface area contributed by atoms with Gasteiger partial charge in [0.2, 0.25) is 0 Å². The zero-order valence-electron chi connectivity index (χ0n) is 17.5. The van der Waals surface area contributed by atoms with E-state index in [-0.39, 0.29) is 27.6 Å². The molecule has 8 nitrogen and oxygen atoms in total. The van der Waals surface area contributed by atoms with Gasteiger partial charge >= 0.3 is 17.9 Å². The Hall–Kier alpha value is -2.89. The summed E-state index contributed by atoms with van der Waals surface area (Å²) < 4.78 is 14.8. The van der Waals surface area contributed by atoms with Crippen LogP contribution in [0.3, 0.4) is 0 Å². The summed E-state index contributed by atoms with van der Waals surface area (Å²) in [6.45, 7) is 1.63. The van der Waals surface area contributed by atoms with E-state index >= 15 is 0 Å². The van der Waals surface area contributed by atoms with Crippen LogP contribution in [0, 0.1) is 6.92 Å². The topological polar surface area (TPSA) is 118 Å². The zero-order valence-corrected chi connectivity index (χ0v) is 19.9. The Morgan fingerprint density at radius 2 is 1.75 bits per heavy atom. The molecule has 0 fully saturated rings. The van der Waals surface area contributed by atoms with E-state index in [0.717, 1.165) is 32.7 Å². The van der Waals surface area contributed by atoms with Crippen molar-refractivity contribution in [1.29, 1.82) is 0 Å². The quantitative estimate of drug-likeness (QED) is 0.279. The van der Waals surface area contributed by atoms with Crippen LogP contribution in [0.4, 0.5) is 5.00 Å². The van der Waals surface area contributed by atoms with Crippen LogP contribution in [0.5, 0.6) is 0 Å². The van der Waals surface area contributed by atoms with Crippen molar-refractivity contribution >= 4 is 57.3 Å². The molecule has 0 saturated carbocycles. The number of esters is 3. The maximum atomic E-state index is 12.5. The molecule has 2 heterocycles. The molecule has 32 heavy (non-hydrogen) atoms. The first-order valence-electron chi connectivity index (χ1n) is 9.22. The highest BCUT2D eigenvalue weighted by Crippen LogP contribution is 2.33. The van der Waals surface area contributed by atoms with Gasteiger partial charge in [0.1, 0.15) is 22.0 Å². The number of nitrogens with zero attached hydrogens (tertiary/aromatic N) is 1. The molecule has 0 aliphatic carbocycles. The van der Waals surface area contributed by atoms with Crippen LogP contribution in [-0.4, -0.2) is 37.1 Å². The molecule has 0 radical (unpaired) electrons. The number of rotatable bonds is 8. The molecule has 3 aromatic rings. The maximum Gasteiger partial charge on any atom is 0.348 e. The minimum absolute atomic E-state index is 0.00488. The maximum absolute atomic E-state index is 12.5. The molecular weight excluding hydrogens is 472 g/mol. The number of hydrogen-bond donors (Lipinski definition) is 1. The van der Waals surface area contributed by atoms with Crippen molar-refractivity contribution < 1.29 is 28.6 Å². The van der Waals surface area contributed by atoms with Gasteiger partial charge in [-0.15, -0.1) is 34.4 Å². The Balaban J connectivity index is 1.68. The van der Waals surface area contributed by atoms with Crippen molar-refractivity contribution in [3.63, 3.8) is 0 Å². The fraction of sp³-hybridized carbons (Fsp3) is 0.238. The van der Waals surface area contributed by atoms with E-state index in [0.29, 0.717) is 5.56 Å². The number of methoxy groups -OCH3 is 2. The highest BCUT2D eigenvalue weighted by Gasteiger charge is 2.28. The van der Waals surface area contributed by atoms with Crippen molar-refractivity contribution in [2.75, 3.05) is 20.0 Å². The first kappa shape index (κ1) is 23.8. The van der Waals surface area contributed by atoms with Crippen LogP contribution in [0.1, 0.15) is 46.7 Å². The number of aromatic nitrogens is 1. The number of anilines is 1. The zero-order chi connectivity index (χ0) is 23.3. The summed E-state index contributed by atoms with van der Waals surface area (Å²) in [5.41, 5.74) is 7.38. The van der Waals surface area contributed by atoms with Gasteiger partial charge in [0.25, 0.3) is 0 Å².